The second kappa shape index (κ2) is 7.36. The Labute approximate surface area is 157 Å². The first-order chi connectivity index (χ1) is 12.3. The van der Waals surface area contributed by atoms with E-state index in [9.17, 15) is 18.1 Å². The summed E-state index contributed by atoms with van der Waals surface area (Å²) in [6.45, 7) is 1.72. The molecule has 0 aromatic heterocycles. The number of halogens is 2. The highest BCUT2D eigenvalue weighted by atomic mass is 35.5. The molecule has 1 saturated heterocycles. The fraction of sp³-hybridized carbons (Fsp3) is 0.316. The van der Waals surface area contributed by atoms with Crippen LogP contribution in [0.25, 0.3) is 0 Å². The smallest absolute Gasteiger partial charge is 0.207 e. The van der Waals surface area contributed by atoms with Gasteiger partial charge in [-0.3, -0.25) is 0 Å². The van der Waals surface area contributed by atoms with Crippen molar-refractivity contribution in [1.82, 2.24) is 4.31 Å². The number of nitrogens with zero attached hydrogens (tertiary/aromatic N) is 2. The van der Waals surface area contributed by atoms with Gasteiger partial charge in [-0.2, -0.15) is 9.57 Å². The summed E-state index contributed by atoms with van der Waals surface area (Å²) in [5.74, 6) is -0.830. The number of nitriles is 1. The normalized spacial score (nSPS) is 22.1. The van der Waals surface area contributed by atoms with Crippen LogP contribution in [-0.4, -0.2) is 18.8 Å². The molecule has 3 atom stereocenters. The van der Waals surface area contributed by atoms with Gasteiger partial charge < -0.3 is 0 Å². The predicted molar refractivity (Wildman–Crippen MR) is 97.4 cm³/mol. The van der Waals surface area contributed by atoms with Crippen LogP contribution in [-0.2, 0) is 10.0 Å². The highest BCUT2D eigenvalue weighted by Gasteiger charge is 2.45. The fourth-order valence-electron chi connectivity index (χ4n) is 3.44. The molecular weight excluding hydrogens is 375 g/mol. The molecule has 4 nitrogen and oxygen atoms in total. The maximum absolute atomic E-state index is 13.3. The van der Waals surface area contributed by atoms with Gasteiger partial charge in [0.15, 0.2) is 0 Å². The van der Waals surface area contributed by atoms with Crippen molar-refractivity contribution in [3.63, 3.8) is 0 Å². The van der Waals surface area contributed by atoms with Crippen LogP contribution in [0.1, 0.15) is 31.4 Å². The second-order valence-electron chi connectivity index (χ2n) is 6.42. The van der Waals surface area contributed by atoms with Crippen molar-refractivity contribution in [3.8, 4) is 6.07 Å². The maximum atomic E-state index is 13.3. The maximum Gasteiger partial charge on any atom is 0.243 e. The molecule has 1 aliphatic heterocycles. The third-order valence-electron chi connectivity index (χ3n) is 4.79. The molecule has 1 fully saturated rings. The Balaban J connectivity index is 2.07. The van der Waals surface area contributed by atoms with Crippen LogP contribution in [0.5, 0.6) is 0 Å². The molecule has 0 spiro atoms. The van der Waals surface area contributed by atoms with E-state index in [1.807, 2.05) is 0 Å². The summed E-state index contributed by atoms with van der Waals surface area (Å²) in [4.78, 5) is 0.131. The van der Waals surface area contributed by atoms with Gasteiger partial charge in [0, 0.05) is 11.1 Å². The van der Waals surface area contributed by atoms with Crippen LogP contribution >= 0.6 is 11.6 Å². The average Bonchev–Trinajstić information content (AvgIpc) is 3.08. The lowest BCUT2D eigenvalue weighted by Gasteiger charge is -2.31. The minimum atomic E-state index is -3.84. The third-order valence-corrected chi connectivity index (χ3v) is 6.99. The molecule has 0 aliphatic carbocycles. The summed E-state index contributed by atoms with van der Waals surface area (Å²) in [5, 5.41) is 9.79. The summed E-state index contributed by atoms with van der Waals surface area (Å²) in [6, 6.07) is 13.1. The zero-order chi connectivity index (χ0) is 18.9. The van der Waals surface area contributed by atoms with Crippen LogP contribution in [0.4, 0.5) is 4.39 Å². The van der Waals surface area contributed by atoms with Crippen molar-refractivity contribution in [2.75, 3.05) is 0 Å². The van der Waals surface area contributed by atoms with Crippen LogP contribution in [0.3, 0.4) is 0 Å². The Kier molecular flexibility index (Phi) is 5.33. The third kappa shape index (κ3) is 3.48. The molecule has 0 amide bonds. The van der Waals surface area contributed by atoms with Crippen molar-refractivity contribution >= 4 is 21.6 Å². The number of benzene rings is 2. The van der Waals surface area contributed by atoms with Gasteiger partial charge in [-0.25, -0.2) is 12.8 Å². The van der Waals surface area contributed by atoms with Gasteiger partial charge in [0.25, 0.3) is 0 Å². The van der Waals surface area contributed by atoms with Crippen molar-refractivity contribution in [2.45, 2.75) is 36.7 Å². The second-order valence-corrected chi connectivity index (χ2v) is 8.70. The number of hydrogen-bond donors (Lipinski definition) is 0. The van der Waals surface area contributed by atoms with E-state index < -0.39 is 28.0 Å². The van der Waals surface area contributed by atoms with Gasteiger partial charge in [0.2, 0.25) is 10.0 Å². The first kappa shape index (κ1) is 18.8. The Hall–Kier alpha value is -1.94. The van der Waals surface area contributed by atoms with Gasteiger partial charge in [-0.15, -0.1) is 0 Å². The topological polar surface area (TPSA) is 61.2 Å². The van der Waals surface area contributed by atoms with Gasteiger partial charge in [0.05, 0.1) is 22.9 Å². The van der Waals surface area contributed by atoms with Crippen LogP contribution < -0.4 is 0 Å². The van der Waals surface area contributed by atoms with Crippen LogP contribution in [0, 0.1) is 23.1 Å². The Bertz CT molecular complexity index is 924. The first-order valence-electron chi connectivity index (χ1n) is 8.29. The minimum Gasteiger partial charge on any atom is -0.207 e. The standard InChI is InChI=1S/C19H18ClFN2O2S/c1-13(12-22)18-10-11-19(14-2-6-16(21)7-3-14)23(18)26(24,25)17-8-4-15(20)5-9-17/h2-9,13,18-19H,10-11H2,1H3. The molecule has 136 valence electrons. The summed E-state index contributed by atoms with van der Waals surface area (Å²) in [5.41, 5.74) is 0.719. The van der Waals surface area contributed by atoms with Gasteiger partial charge >= 0.3 is 0 Å². The molecule has 0 saturated carbocycles. The average molecular weight is 393 g/mol. The SMILES string of the molecule is CC(C#N)C1CCC(c2ccc(F)cc2)N1S(=O)(=O)c1ccc(Cl)cc1. The molecule has 7 heteroatoms. The number of hydrogen-bond acceptors (Lipinski definition) is 3. The van der Waals surface area contributed by atoms with E-state index in [0.717, 1.165) is 5.56 Å². The zero-order valence-electron chi connectivity index (χ0n) is 14.1. The van der Waals surface area contributed by atoms with Crippen LogP contribution in [0.15, 0.2) is 53.4 Å². The molecule has 1 heterocycles. The van der Waals surface area contributed by atoms with E-state index in [1.165, 1.54) is 40.7 Å². The molecule has 3 unspecified atom stereocenters. The van der Waals surface area contributed by atoms with E-state index in [4.69, 9.17) is 11.6 Å². The fourth-order valence-corrected chi connectivity index (χ4v) is 5.50. The molecular formula is C19H18ClFN2O2S. The van der Waals surface area contributed by atoms with Gasteiger partial charge in [-0.1, -0.05) is 23.7 Å². The Morgan fingerprint density at radius 2 is 1.77 bits per heavy atom. The van der Waals surface area contributed by atoms with Crippen LogP contribution in [0.2, 0.25) is 5.02 Å². The Morgan fingerprint density at radius 3 is 2.35 bits per heavy atom. The summed E-state index contributed by atoms with van der Waals surface area (Å²) >= 11 is 5.88. The molecule has 2 aromatic rings. The van der Waals surface area contributed by atoms with Gasteiger partial charge in [0.1, 0.15) is 5.82 Å². The predicted octanol–water partition coefficient (Wildman–Crippen LogP) is 4.53. The first-order valence-corrected chi connectivity index (χ1v) is 10.1. The number of sulfonamides is 1. The highest BCUT2D eigenvalue weighted by Crippen LogP contribution is 2.42. The summed E-state index contributed by atoms with van der Waals surface area (Å²) in [6.07, 6.45) is 1.15. The zero-order valence-corrected chi connectivity index (χ0v) is 15.7. The molecule has 0 N–H and O–H groups in total. The van der Waals surface area contributed by atoms with Gasteiger partial charge in [-0.05, 0) is 61.7 Å². The highest BCUT2D eigenvalue weighted by molar-refractivity contribution is 7.89. The van der Waals surface area contributed by atoms with E-state index in [-0.39, 0.29) is 10.7 Å². The van der Waals surface area contributed by atoms with Crippen molar-refractivity contribution in [3.05, 3.63) is 64.9 Å². The largest absolute Gasteiger partial charge is 0.243 e. The van der Waals surface area contributed by atoms with Crippen molar-refractivity contribution in [1.29, 1.82) is 5.26 Å². The molecule has 2 aromatic carbocycles. The lowest BCUT2D eigenvalue weighted by molar-refractivity contribution is 0.290. The molecule has 3 rings (SSSR count). The monoisotopic (exact) mass is 392 g/mol. The van der Waals surface area contributed by atoms with Crippen molar-refractivity contribution in [2.24, 2.45) is 5.92 Å². The van der Waals surface area contributed by atoms with Crippen molar-refractivity contribution < 1.29 is 12.8 Å². The lowest BCUT2D eigenvalue weighted by Crippen LogP contribution is -2.40. The van der Waals surface area contributed by atoms with E-state index in [0.29, 0.717) is 17.9 Å². The van der Waals surface area contributed by atoms with E-state index >= 15 is 0 Å². The molecule has 0 bridgehead atoms. The Morgan fingerprint density at radius 1 is 1.15 bits per heavy atom. The summed E-state index contributed by atoms with van der Waals surface area (Å²) < 4.78 is 41.3. The van der Waals surface area contributed by atoms with E-state index in [1.54, 1.807) is 19.1 Å². The quantitative estimate of drug-likeness (QED) is 0.767. The minimum absolute atomic E-state index is 0.131. The lowest BCUT2D eigenvalue weighted by atomic mass is 10.0. The molecule has 0 radical (unpaired) electrons. The summed E-state index contributed by atoms with van der Waals surface area (Å²) in [7, 11) is -3.84. The van der Waals surface area contributed by atoms with E-state index in [2.05, 4.69) is 6.07 Å². The molecule has 26 heavy (non-hydrogen) atoms. The molecule has 1 aliphatic rings. The number of rotatable bonds is 4.